The number of piperazine rings is 1. The minimum absolute atomic E-state index is 0.851. The van der Waals surface area contributed by atoms with E-state index in [0.717, 1.165) is 11.8 Å². The number of nitrogens with zero attached hydrogens (tertiary/aromatic N) is 2. The van der Waals surface area contributed by atoms with Gasteiger partial charge in [-0.1, -0.05) is 27.2 Å². The van der Waals surface area contributed by atoms with E-state index in [-0.39, 0.29) is 0 Å². The maximum absolute atomic E-state index is 2.67. The van der Waals surface area contributed by atoms with Gasteiger partial charge in [0, 0.05) is 32.7 Å². The second kappa shape index (κ2) is 7.29. The Bertz CT molecular complexity index is 172. The SMILES string of the molecule is CCCC(CC(C)C)CN1CCN(C)CC1. The van der Waals surface area contributed by atoms with Gasteiger partial charge in [-0.25, -0.2) is 0 Å². The molecule has 0 aromatic carbocycles. The first kappa shape index (κ1) is 14.0. The molecule has 1 atom stereocenters. The van der Waals surface area contributed by atoms with E-state index >= 15 is 0 Å². The van der Waals surface area contributed by atoms with E-state index in [0.29, 0.717) is 0 Å². The Morgan fingerprint density at radius 2 is 1.69 bits per heavy atom. The lowest BCUT2D eigenvalue weighted by molar-refractivity contribution is 0.127. The van der Waals surface area contributed by atoms with Crippen molar-refractivity contribution in [2.75, 3.05) is 39.8 Å². The highest BCUT2D eigenvalue weighted by atomic mass is 15.2. The van der Waals surface area contributed by atoms with Gasteiger partial charge in [-0.3, -0.25) is 0 Å². The minimum atomic E-state index is 0.851. The fraction of sp³-hybridized carbons (Fsp3) is 1.00. The standard InChI is InChI=1S/C14H30N2/c1-5-6-14(11-13(2)3)12-16-9-7-15(4)8-10-16/h13-14H,5-12H2,1-4H3. The summed E-state index contributed by atoms with van der Waals surface area (Å²) in [4.78, 5) is 5.11. The van der Waals surface area contributed by atoms with Gasteiger partial charge in [-0.2, -0.15) is 0 Å². The van der Waals surface area contributed by atoms with Crippen molar-refractivity contribution in [1.82, 2.24) is 9.80 Å². The summed E-state index contributed by atoms with van der Waals surface area (Å²) in [6, 6.07) is 0. The minimum Gasteiger partial charge on any atom is -0.304 e. The van der Waals surface area contributed by atoms with Gasteiger partial charge in [-0.05, 0) is 31.7 Å². The first-order valence-corrected chi connectivity index (χ1v) is 7.02. The molecule has 2 heteroatoms. The van der Waals surface area contributed by atoms with Gasteiger partial charge >= 0.3 is 0 Å². The summed E-state index contributed by atoms with van der Waals surface area (Å²) >= 11 is 0. The Morgan fingerprint density at radius 3 is 2.19 bits per heavy atom. The Balaban J connectivity index is 2.30. The fourth-order valence-electron chi connectivity index (χ4n) is 2.75. The van der Waals surface area contributed by atoms with E-state index in [9.17, 15) is 0 Å². The third-order valence-electron chi connectivity index (χ3n) is 3.61. The summed E-state index contributed by atoms with van der Waals surface area (Å²) < 4.78 is 0. The molecule has 1 saturated heterocycles. The van der Waals surface area contributed by atoms with Gasteiger partial charge in [0.05, 0.1) is 0 Å². The third kappa shape index (κ3) is 5.31. The van der Waals surface area contributed by atoms with Crippen molar-refractivity contribution in [2.24, 2.45) is 11.8 Å². The molecule has 1 heterocycles. The zero-order valence-corrected chi connectivity index (χ0v) is 11.7. The zero-order valence-electron chi connectivity index (χ0n) is 11.7. The van der Waals surface area contributed by atoms with Gasteiger partial charge in [0.15, 0.2) is 0 Å². The van der Waals surface area contributed by atoms with Crippen molar-refractivity contribution in [2.45, 2.75) is 40.0 Å². The molecule has 0 aromatic rings. The Hall–Kier alpha value is -0.0800. The lowest BCUT2D eigenvalue weighted by Gasteiger charge is -2.35. The van der Waals surface area contributed by atoms with E-state index in [1.54, 1.807) is 0 Å². The number of likely N-dealkylation sites (N-methyl/N-ethyl adjacent to an activating group) is 1. The van der Waals surface area contributed by atoms with Crippen LogP contribution >= 0.6 is 0 Å². The number of hydrogen-bond acceptors (Lipinski definition) is 2. The van der Waals surface area contributed by atoms with Crippen LogP contribution in [0.4, 0.5) is 0 Å². The van der Waals surface area contributed by atoms with Crippen LogP contribution in [-0.2, 0) is 0 Å². The molecule has 0 bridgehead atoms. The highest BCUT2D eigenvalue weighted by molar-refractivity contribution is 4.73. The summed E-state index contributed by atoms with van der Waals surface area (Å²) in [5.41, 5.74) is 0. The average Bonchev–Trinajstić information content (AvgIpc) is 2.21. The van der Waals surface area contributed by atoms with Crippen LogP contribution in [-0.4, -0.2) is 49.6 Å². The summed E-state index contributed by atoms with van der Waals surface area (Å²) in [5, 5.41) is 0. The maximum atomic E-state index is 2.67. The van der Waals surface area contributed by atoms with E-state index in [4.69, 9.17) is 0 Å². The smallest absolute Gasteiger partial charge is 0.0110 e. The second-order valence-electron chi connectivity index (χ2n) is 5.89. The Kier molecular flexibility index (Phi) is 6.37. The molecule has 1 aliphatic heterocycles. The third-order valence-corrected chi connectivity index (χ3v) is 3.61. The molecule has 0 saturated carbocycles. The van der Waals surface area contributed by atoms with Crippen LogP contribution in [0.3, 0.4) is 0 Å². The molecule has 0 spiro atoms. The predicted octanol–water partition coefficient (Wildman–Crippen LogP) is 2.70. The lowest BCUT2D eigenvalue weighted by atomic mass is 9.92. The van der Waals surface area contributed by atoms with Crippen LogP contribution in [0, 0.1) is 11.8 Å². The van der Waals surface area contributed by atoms with Crippen LogP contribution in [0.1, 0.15) is 40.0 Å². The largest absolute Gasteiger partial charge is 0.304 e. The highest BCUT2D eigenvalue weighted by Gasteiger charge is 2.18. The lowest BCUT2D eigenvalue weighted by Crippen LogP contribution is -2.46. The molecule has 0 aromatic heterocycles. The number of rotatable bonds is 6. The van der Waals surface area contributed by atoms with Crippen molar-refractivity contribution in [3.63, 3.8) is 0 Å². The van der Waals surface area contributed by atoms with E-state index in [1.807, 2.05) is 0 Å². The van der Waals surface area contributed by atoms with Gasteiger partial charge in [0.25, 0.3) is 0 Å². The Morgan fingerprint density at radius 1 is 1.06 bits per heavy atom. The Labute approximate surface area is 102 Å². The molecule has 1 rings (SSSR count). The molecule has 1 fully saturated rings. The fourth-order valence-corrected chi connectivity index (χ4v) is 2.75. The first-order valence-electron chi connectivity index (χ1n) is 7.02. The summed E-state index contributed by atoms with van der Waals surface area (Å²) in [7, 11) is 2.23. The molecule has 0 N–H and O–H groups in total. The van der Waals surface area contributed by atoms with Crippen molar-refractivity contribution >= 4 is 0 Å². The molecule has 2 nitrogen and oxygen atoms in total. The molecule has 96 valence electrons. The van der Waals surface area contributed by atoms with Gasteiger partial charge in [0.2, 0.25) is 0 Å². The predicted molar refractivity (Wildman–Crippen MR) is 71.8 cm³/mol. The molecular weight excluding hydrogens is 196 g/mol. The topological polar surface area (TPSA) is 6.48 Å². The van der Waals surface area contributed by atoms with Crippen molar-refractivity contribution in [3.8, 4) is 0 Å². The van der Waals surface area contributed by atoms with Crippen LogP contribution in [0.2, 0.25) is 0 Å². The average molecular weight is 226 g/mol. The van der Waals surface area contributed by atoms with Gasteiger partial charge < -0.3 is 9.80 Å². The quantitative estimate of drug-likeness (QED) is 0.687. The summed E-state index contributed by atoms with van der Waals surface area (Å²) in [5.74, 6) is 1.78. The van der Waals surface area contributed by atoms with Crippen LogP contribution in [0.25, 0.3) is 0 Å². The monoisotopic (exact) mass is 226 g/mol. The second-order valence-corrected chi connectivity index (χ2v) is 5.89. The zero-order chi connectivity index (χ0) is 12.0. The van der Waals surface area contributed by atoms with Gasteiger partial charge in [0.1, 0.15) is 0 Å². The van der Waals surface area contributed by atoms with Crippen LogP contribution in [0.15, 0.2) is 0 Å². The maximum Gasteiger partial charge on any atom is 0.0110 e. The molecule has 16 heavy (non-hydrogen) atoms. The molecule has 0 amide bonds. The van der Waals surface area contributed by atoms with Crippen molar-refractivity contribution in [3.05, 3.63) is 0 Å². The number of hydrogen-bond donors (Lipinski definition) is 0. The summed E-state index contributed by atoms with van der Waals surface area (Å²) in [6.07, 6.45) is 4.15. The molecular formula is C14H30N2. The molecule has 0 aliphatic carbocycles. The van der Waals surface area contributed by atoms with E-state index < -0.39 is 0 Å². The van der Waals surface area contributed by atoms with Crippen molar-refractivity contribution in [1.29, 1.82) is 0 Å². The molecule has 1 aliphatic rings. The van der Waals surface area contributed by atoms with E-state index in [1.165, 1.54) is 52.0 Å². The first-order chi connectivity index (χ1) is 7.61. The molecule has 0 radical (unpaired) electrons. The highest BCUT2D eigenvalue weighted by Crippen LogP contribution is 2.19. The van der Waals surface area contributed by atoms with Crippen LogP contribution in [0.5, 0.6) is 0 Å². The normalized spacial score (nSPS) is 21.6. The van der Waals surface area contributed by atoms with Gasteiger partial charge in [-0.15, -0.1) is 0 Å². The summed E-state index contributed by atoms with van der Waals surface area (Å²) in [6.45, 7) is 13.4. The van der Waals surface area contributed by atoms with Crippen LogP contribution < -0.4 is 0 Å². The van der Waals surface area contributed by atoms with Crippen molar-refractivity contribution < 1.29 is 0 Å². The molecule has 1 unspecified atom stereocenters. The van der Waals surface area contributed by atoms with E-state index in [2.05, 4.69) is 37.6 Å².